The normalized spacial score (nSPS) is 14.7. The van der Waals surface area contributed by atoms with E-state index in [2.05, 4.69) is 10.3 Å². The highest BCUT2D eigenvalue weighted by Gasteiger charge is 2.30. The van der Waals surface area contributed by atoms with Crippen LogP contribution in [0.5, 0.6) is 5.75 Å². The van der Waals surface area contributed by atoms with Crippen molar-refractivity contribution in [3.05, 3.63) is 52.9 Å². The average molecular weight is 428 g/mol. The largest absolute Gasteiger partial charge is 0.497 e. The molecule has 0 unspecified atom stereocenters. The molecule has 1 saturated heterocycles. The minimum Gasteiger partial charge on any atom is -0.497 e. The third-order valence-electron chi connectivity index (χ3n) is 5.42. The van der Waals surface area contributed by atoms with Crippen LogP contribution in [-0.2, 0) is 4.79 Å². The van der Waals surface area contributed by atoms with Crippen LogP contribution in [0, 0.1) is 12.8 Å². The van der Waals surface area contributed by atoms with Crippen LogP contribution in [0.1, 0.15) is 29.0 Å². The number of amides is 2. The van der Waals surface area contributed by atoms with Crippen LogP contribution in [0.15, 0.2) is 40.9 Å². The number of ether oxygens (including phenoxy) is 1. The van der Waals surface area contributed by atoms with E-state index >= 15 is 0 Å². The number of halogens is 1. The number of likely N-dealkylation sites (tertiary alicyclic amines) is 1. The Kier molecular flexibility index (Phi) is 5.63. The van der Waals surface area contributed by atoms with Gasteiger partial charge in [0.05, 0.1) is 17.7 Å². The topological polar surface area (TPSA) is 84.7 Å². The van der Waals surface area contributed by atoms with Crippen LogP contribution in [0.4, 0.5) is 5.82 Å². The molecule has 4 rings (SSSR count). The molecule has 2 aromatic heterocycles. The number of furan rings is 1. The Bertz CT molecular complexity index is 1090. The number of aromatic nitrogens is 1. The molecule has 1 N–H and O–H groups in total. The van der Waals surface area contributed by atoms with Gasteiger partial charge >= 0.3 is 0 Å². The van der Waals surface area contributed by atoms with Gasteiger partial charge in [0.1, 0.15) is 22.9 Å². The molecule has 1 aliphatic rings. The molecular weight excluding hydrogens is 406 g/mol. The van der Waals surface area contributed by atoms with E-state index in [-0.39, 0.29) is 17.7 Å². The number of fused-ring (bicyclic) bond motifs is 1. The van der Waals surface area contributed by atoms with E-state index in [4.69, 9.17) is 20.8 Å². The zero-order valence-corrected chi connectivity index (χ0v) is 17.5. The van der Waals surface area contributed by atoms with Gasteiger partial charge in [-0.3, -0.25) is 9.59 Å². The summed E-state index contributed by atoms with van der Waals surface area (Å²) in [4.78, 5) is 31.6. The third kappa shape index (κ3) is 3.98. The van der Waals surface area contributed by atoms with E-state index < -0.39 is 0 Å². The van der Waals surface area contributed by atoms with Crippen molar-refractivity contribution in [3.63, 3.8) is 0 Å². The first kappa shape index (κ1) is 20.2. The molecule has 0 aliphatic carbocycles. The van der Waals surface area contributed by atoms with Crippen molar-refractivity contribution in [2.45, 2.75) is 19.8 Å². The minimum absolute atomic E-state index is 0.0854. The Morgan fingerprint density at radius 3 is 2.67 bits per heavy atom. The second-order valence-corrected chi connectivity index (χ2v) is 7.75. The highest BCUT2D eigenvalue weighted by molar-refractivity contribution is 6.30. The lowest BCUT2D eigenvalue weighted by atomic mass is 9.95. The maximum atomic E-state index is 13.2. The molecule has 0 bridgehead atoms. The highest BCUT2D eigenvalue weighted by atomic mass is 35.5. The Hall–Kier alpha value is -3.06. The van der Waals surface area contributed by atoms with Gasteiger partial charge in [0.25, 0.3) is 5.91 Å². The average Bonchev–Trinajstić information content (AvgIpc) is 3.09. The second kappa shape index (κ2) is 8.36. The van der Waals surface area contributed by atoms with Gasteiger partial charge in [0.15, 0.2) is 0 Å². The number of anilines is 1. The predicted molar refractivity (Wildman–Crippen MR) is 114 cm³/mol. The molecule has 0 saturated carbocycles. The van der Waals surface area contributed by atoms with E-state index in [1.54, 1.807) is 43.2 Å². The highest BCUT2D eigenvalue weighted by Crippen LogP contribution is 2.31. The summed E-state index contributed by atoms with van der Waals surface area (Å²) in [5, 5.41) is 4.07. The SMILES string of the molecule is COc1ccc2oc(C)c(C(=O)N3CCC(C(=O)Nc4ccc(Cl)cn4)CC3)c2c1. The quantitative estimate of drug-likeness (QED) is 0.671. The number of hydrogen-bond donors (Lipinski definition) is 1. The summed E-state index contributed by atoms with van der Waals surface area (Å²) in [6.45, 7) is 2.79. The monoisotopic (exact) mass is 427 g/mol. The van der Waals surface area contributed by atoms with Gasteiger partial charge in [-0.05, 0) is 50.1 Å². The zero-order chi connectivity index (χ0) is 21.3. The summed E-state index contributed by atoms with van der Waals surface area (Å²) in [5.74, 6) is 1.37. The molecule has 1 aliphatic heterocycles. The van der Waals surface area contributed by atoms with Gasteiger partial charge in [-0.15, -0.1) is 0 Å². The molecule has 1 aromatic carbocycles. The van der Waals surface area contributed by atoms with Crippen LogP contribution < -0.4 is 10.1 Å². The molecule has 7 nitrogen and oxygen atoms in total. The van der Waals surface area contributed by atoms with E-state index in [1.165, 1.54) is 6.20 Å². The minimum atomic E-state index is -0.172. The summed E-state index contributed by atoms with van der Waals surface area (Å²) in [7, 11) is 1.59. The number of methoxy groups -OCH3 is 1. The van der Waals surface area contributed by atoms with E-state index in [0.717, 1.165) is 5.39 Å². The van der Waals surface area contributed by atoms with Crippen molar-refractivity contribution in [2.75, 3.05) is 25.5 Å². The Morgan fingerprint density at radius 2 is 2.00 bits per heavy atom. The van der Waals surface area contributed by atoms with Crippen LogP contribution >= 0.6 is 11.6 Å². The Balaban J connectivity index is 1.43. The lowest BCUT2D eigenvalue weighted by molar-refractivity contribution is -0.121. The van der Waals surface area contributed by atoms with Crippen molar-refractivity contribution in [1.29, 1.82) is 0 Å². The fraction of sp³-hybridized carbons (Fsp3) is 0.318. The van der Waals surface area contributed by atoms with Gasteiger partial charge in [-0.2, -0.15) is 0 Å². The molecule has 8 heteroatoms. The number of hydrogen-bond acceptors (Lipinski definition) is 5. The number of pyridine rings is 1. The van der Waals surface area contributed by atoms with Crippen LogP contribution in [0.3, 0.4) is 0 Å². The Labute approximate surface area is 179 Å². The molecular formula is C22H22ClN3O4. The number of nitrogens with zero attached hydrogens (tertiary/aromatic N) is 2. The summed E-state index contributed by atoms with van der Waals surface area (Å²) >= 11 is 5.82. The second-order valence-electron chi connectivity index (χ2n) is 7.31. The molecule has 3 heterocycles. The number of carbonyl (C=O) groups is 2. The maximum Gasteiger partial charge on any atom is 0.258 e. The van der Waals surface area contributed by atoms with E-state index in [9.17, 15) is 9.59 Å². The van der Waals surface area contributed by atoms with Crippen molar-refractivity contribution in [1.82, 2.24) is 9.88 Å². The molecule has 1 fully saturated rings. The predicted octanol–water partition coefficient (Wildman–Crippen LogP) is 4.29. The van der Waals surface area contributed by atoms with Crippen molar-refractivity contribution in [3.8, 4) is 5.75 Å². The summed E-state index contributed by atoms with van der Waals surface area (Å²) in [6.07, 6.45) is 2.66. The smallest absolute Gasteiger partial charge is 0.258 e. The summed E-state index contributed by atoms with van der Waals surface area (Å²) in [5.41, 5.74) is 1.21. The van der Waals surface area contributed by atoms with Gasteiger partial charge < -0.3 is 19.4 Å². The number of piperidine rings is 1. The van der Waals surface area contributed by atoms with Gasteiger partial charge in [0, 0.05) is 30.6 Å². The molecule has 0 atom stereocenters. The van der Waals surface area contributed by atoms with E-state index in [1.807, 2.05) is 6.07 Å². The van der Waals surface area contributed by atoms with E-state index in [0.29, 0.717) is 59.4 Å². The summed E-state index contributed by atoms with van der Waals surface area (Å²) in [6, 6.07) is 8.77. The fourth-order valence-corrected chi connectivity index (χ4v) is 3.88. The lowest BCUT2D eigenvalue weighted by Gasteiger charge is -2.31. The first-order valence-electron chi connectivity index (χ1n) is 9.75. The van der Waals surface area contributed by atoms with Crippen molar-refractivity contribution in [2.24, 2.45) is 5.92 Å². The van der Waals surface area contributed by atoms with Crippen LogP contribution in [0.2, 0.25) is 5.02 Å². The van der Waals surface area contributed by atoms with Gasteiger partial charge in [0.2, 0.25) is 5.91 Å². The van der Waals surface area contributed by atoms with Crippen LogP contribution in [-0.4, -0.2) is 41.9 Å². The van der Waals surface area contributed by atoms with Gasteiger partial charge in [-0.1, -0.05) is 11.6 Å². The molecule has 30 heavy (non-hydrogen) atoms. The number of benzene rings is 1. The number of carbonyl (C=O) groups excluding carboxylic acids is 2. The summed E-state index contributed by atoms with van der Waals surface area (Å²) < 4.78 is 11.0. The van der Waals surface area contributed by atoms with Crippen molar-refractivity contribution < 1.29 is 18.7 Å². The fourth-order valence-electron chi connectivity index (χ4n) is 3.77. The first-order valence-corrected chi connectivity index (χ1v) is 10.1. The van der Waals surface area contributed by atoms with Crippen molar-refractivity contribution >= 4 is 40.2 Å². The maximum absolute atomic E-state index is 13.2. The van der Waals surface area contributed by atoms with Gasteiger partial charge in [-0.25, -0.2) is 4.98 Å². The number of rotatable bonds is 4. The molecule has 2 amide bonds. The standard InChI is InChI=1S/C22H22ClN3O4/c1-13-20(17-11-16(29-2)4-5-18(17)30-13)22(28)26-9-7-14(8-10-26)21(27)25-19-6-3-15(23)12-24-19/h3-6,11-12,14H,7-10H2,1-2H3,(H,24,25,27). The van der Waals surface area contributed by atoms with Crippen LogP contribution in [0.25, 0.3) is 11.0 Å². The lowest BCUT2D eigenvalue weighted by Crippen LogP contribution is -2.41. The molecule has 0 spiro atoms. The molecule has 3 aromatic rings. The first-order chi connectivity index (χ1) is 14.5. The number of nitrogens with one attached hydrogen (secondary N) is 1. The zero-order valence-electron chi connectivity index (χ0n) is 16.8. The third-order valence-corrected chi connectivity index (χ3v) is 5.64. The Morgan fingerprint density at radius 1 is 1.23 bits per heavy atom. The number of aryl methyl sites for hydroxylation is 1. The molecule has 156 valence electrons. The molecule has 0 radical (unpaired) electrons.